The van der Waals surface area contributed by atoms with Crippen LogP contribution in [0.2, 0.25) is 0 Å². The quantitative estimate of drug-likeness (QED) is 0.317. The Balaban J connectivity index is 1.50. The largest absolute Gasteiger partial charge is 0.496 e. The molecule has 0 saturated heterocycles. The fourth-order valence-electron chi connectivity index (χ4n) is 3.56. The van der Waals surface area contributed by atoms with Crippen molar-refractivity contribution in [1.29, 1.82) is 0 Å². The Hall–Kier alpha value is -3.58. The monoisotopic (exact) mass is 459 g/mol. The Morgan fingerprint density at radius 1 is 1.03 bits per heavy atom. The Kier molecular flexibility index (Phi) is 7.10. The van der Waals surface area contributed by atoms with Crippen molar-refractivity contribution in [2.75, 3.05) is 19.4 Å². The first-order chi connectivity index (χ1) is 16.1. The molecule has 0 unspecified atom stereocenters. The van der Waals surface area contributed by atoms with E-state index in [1.165, 1.54) is 11.8 Å². The number of amides is 1. The number of hydrogen-bond acceptors (Lipinski definition) is 5. The molecule has 3 aromatic carbocycles. The molecule has 6 nitrogen and oxygen atoms in total. The predicted octanol–water partition coefficient (Wildman–Crippen LogP) is 4.15. The van der Waals surface area contributed by atoms with Gasteiger partial charge in [0.15, 0.2) is 5.16 Å². The van der Waals surface area contributed by atoms with Crippen molar-refractivity contribution < 1.29 is 9.53 Å². The lowest BCUT2D eigenvalue weighted by molar-refractivity contribution is -0.118. The van der Waals surface area contributed by atoms with Crippen LogP contribution in [0.25, 0.3) is 16.6 Å². The van der Waals surface area contributed by atoms with Crippen LogP contribution >= 0.6 is 11.8 Å². The molecule has 168 valence electrons. The van der Waals surface area contributed by atoms with Gasteiger partial charge in [0.25, 0.3) is 5.56 Å². The van der Waals surface area contributed by atoms with Gasteiger partial charge in [-0.2, -0.15) is 0 Å². The minimum absolute atomic E-state index is 0.118. The van der Waals surface area contributed by atoms with Crippen molar-refractivity contribution in [2.24, 2.45) is 0 Å². The molecule has 1 N–H and O–H groups in total. The molecule has 33 heavy (non-hydrogen) atoms. The van der Waals surface area contributed by atoms with Gasteiger partial charge >= 0.3 is 0 Å². The van der Waals surface area contributed by atoms with E-state index in [2.05, 4.69) is 10.3 Å². The number of hydrogen-bond donors (Lipinski definition) is 1. The van der Waals surface area contributed by atoms with E-state index in [0.717, 1.165) is 22.6 Å². The third-order valence-corrected chi connectivity index (χ3v) is 6.22. The molecular formula is C26H25N3O3S. The number of benzene rings is 3. The van der Waals surface area contributed by atoms with E-state index >= 15 is 0 Å². The van der Waals surface area contributed by atoms with Gasteiger partial charge in [0.05, 0.1) is 29.5 Å². The molecule has 0 aliphatic heterocycles. The maximum absolute atomic E-state index is 13.3. The van der Waals surface area contributed by atoms with Crippen LogP contribution in [0.1, 0.15) is 11.1 Å². The minimum atomic E-state index is -0.150. The van der Waals surface area contributed by atoms with E-state index in [4.69, 9.17) is 4.74 Å². The summed E-state index contributed by atoms with van der Waals surface area (Å²) in [6.07, 6.45) is 0.669. The van der Waals surface area contributed by atoms with Crippen LogP contribution in [0.3, 0.4) is 0 Å². The van der Waals surface area contributed by atoms with Crippen molar-refractivity contribution in [3.63, 3.8) is 0 Å². The normalized spacial score (nSPS) is 10.8. The van der Waals surface area contributed by atoms with Crippen LogP contribution < -0.4 is 15.6 Å². The van der Waals surface area contributed by atoms with Crippen molar-refractivity contribution in [3.8, 4) is 11.4 Å². The van der Waals surface area contributed by atoms with Crippen LogP contribution in [0.5, 0.6) is 5.75 Å². The predicted molar refractivity (Wildman–Crippen MR) is 133 cm³/mol. The summed E-state index contributed by atoms with van der Waals surface area (Å²) >= 11 is 1.25. The van der Waals surface area contributed by atoms with Crippen LogP contribution in [-0.4, -0.2) is 34.9 Å². The van der Waals surface area contributed by atoms with Crippen LogP contribution in [-0.2, 0) is 11.2 Å². The second-order valence-corrected chi connectivity index (χ2v) is 8.53. The van der Waals surface area contributed by atoms with Gasteiger partial charge in [-0.05, 0) is 49.2 Å². The summed E-state index contributed by atoms with van der Waals surface area (Å²) in [5, 5.41) is 3.97. The zero-order valence-corrected chi connectivity index (χ0v) is 19.4. The maximum atomic E-state index is 13.3. The summed E-state index contributed by atoms with van der Waals surface area (Å²) in [5.41, 5.74) is 3.33. The molecule has 7 heteroatoms. The van der Waals surface area contributed by atoms with Crippen molar-refractivity contribution in [2.45, 2.75) is 18.5 Å². The van der Waals surface area contributed by atoms with Gasteiger partial charge in [-0.1, -0.05) is 59.8 Å². The highest BCUT2D eigenvalue weighted by Gasteiger charge is 2.15. The highest BCUT2D eigenvalue weighted by Crippen LogP contribution is 2.22. The molecule has 0 aliphatic carbocycles. The average molecular weight is 460 g/mol. The standard InChI is InChI=1S/C26H25N3O3S/c1-18-11-13-20(14-12-18)29-25(31)21-8-4-5-9-22(21)28-26(29)33-17-24(30)27-16-15-19-7-3-6-10-23(19)32-2/h3-14H,15-17H2,1-2H3,(H,27,30). The van der Waals surface area contributed by atoms with Gasteiger partial charge in [0.2, 0.25) is 5.91 Å². The number of carbonyl (C=O) groups is 1. The van der Waals surface area contributed by atoms with Crippen LogP contribution in [0, 0.1) is 6.92 Å². The van der Waals surface area contributed by atoms with Crippen molar-refractivity contribution in [3.05, 3.63) is 94.3 Å². The first kappa shape index (κ1) is 22.6. The molecule has 0 radical (unpaired) electrons. The fraction of sp³-hybridized carbons (Fsp3) is 0.192. The maximum Gasteiger partial charge on any atom is 0.266 e. The van der Waals surface area contributed by atoms with Crippen molar-refractivity contribution in [1.82, 2.24) is 14.9 Å². The fourth-order valence-corrected chi connectivity index (χ4v) is 4.40. The minimum Gasteiger partial charge on any atom is -0.496 e. The summed E-state index contributed by atoms with van der Waals surface area (Å²) in [4.78, 5) is 30.5. The number of thioether (sulfide) groups is 1. The number of nitrogens with one attached hydrogen (secondary N) is 1. The molecule has 0 saturated carbocycles. The van der Waals surface area contributed by atoms with E-state index in [1.807, 2.05) is 73.7 Å². The Morgan fingerprint density at radius 3 is 2.55 bits per heavy atom. The number of methoxy groups -OCH3 is 1. The zero-order chi connectivity index (χ0) is 23.2. The number of carbonyl (C=O) groups excluding carboxylic acids is 1. The summed E-state index contributed by atoms with van der Waals surface area (Å²) in [5.74, 6) is 0.846. The second kappa shape index (κ2) is 10.4. The molecule has 0 spiro atoms. The molecule has 0 atom stereocenters. The molecule has 1 aromatic heterocycles. The molecular weight excluding hydrogens is 434 g/mol. The second-order valence-electron chi connectivity index (χ2n) is 7.59. The molecule has 4 aromatic rings. The number of aromatic nitrogens is 2. The van der Waals surface area contributed by atoms with E-state index in [-0.39, 0.29) is 17.2 Å². The number of para-hydroxylation sites is 2. The SMILES string of the molecule is COc1ccccc1CCNC(=O)CSc1nc2ccccc2c(=O)n1-c1ccc(C)cc1. The van der Waals surface area contributed by atoms with E-state index < -0.39 is 0 Å². The van der Waals surface area contributed by atoms with Gasteiger partial charge in [-0.15, -0.1) is 0 Å². The molecule has 1 heterocycles. The summed E-state index contributed by atoms with van der Waals surface area (Å²) in [7, 11) is 1.64. The summed E-state index contributed by atoms with van der Waals surface area (Å²) in [6.45, 7) is 2.49. The molecule has 1 amide bonds. The lowest BCUT2D eigenvalue weighted by atomic mass is 10.1. The lowest BCUT2D eigenvalue weighted by Crippen LogP contribution is -2.28. The zero-order valence-electron chi connectivity index (χ0n) is 18.6. The van der Waals surface area contributed by atoms with Gasteiger partial charge in [0.1, 0.15) is 5.75 Å². The number of aryl methyl sites for hydroxylation is 1. The first-order valence-electron chi connectivity index (χ1n) is 10.7. The number of nitrogens with zero attached hydrogens (tertiary/aromatic N) is 2. The van der Waals surface area contributed by atoms with Gasteiger partial charge in [-0.25, -0.2) is 4.98 Å². The third kappa shape index (κ3) is 5.26. The number of ether oxygens (including phenoxy) is 1. The van der Waals surface area contributed by atoms with Crippen molar-refractivity contribution >= 4 is 28.6 Å². The average Bonchev–Trinajstić information content (AvgIpc) is 2.84. The first-order valence-corrected chi connectivity index (χ1v) is 11.7. The summed E-state index contributed by atoms with van der Waals surface area (Å²) < 4.78 is 6.94. The summed E-state index contributed by atoms with van der Waals surface area (Å²) in [6, 6.07) is 22.7. The van der Waals surface area contributed by atoms with Gasteiger partial charge in [-0.3, -0.25) is 14.2 Å². The molecule has 0 aliphatic rings. The van der Waals surface area contributed by atoms with Crippen LogP contribution in [0.15, 0.2) is 82.7 Å². The Morgan fingerprint density at radius 2 is 1.76 bits per heavy atom. The smallest absolute Gasteiger partial charge is 0.266 e. The topological polar surface area (TPSA) is 73.2 Å². The highest BCUT2D eigenvalue weighted by molar-refractivity contribution is 7.99. The third-order valence-electron chi connectivity index (χ3n) is 5.28. The highest BCUT2D eigenvalue weighted by atomic mass is 32.2. The Bertz CT molecular complexity index is 1330. The van der Waals surface area contributed by atoms with Gasteiger partial charge in [0, 0.05) is 6.54 Å². The van der Waals surface area contributed by atoms with E-state index in [1.54, 1.807) is 17.7 Å². The molecule has 0 bridgehead atoms. The molecule has 4 rings (SSSR count). The number of rotatable bonds is 8. The number of fused-ring (bicyclic) bond motifs is 1. The Labute approximate surface area is 196 Å². The van der Waals surface area contributed by atoms with E-state index in [0.29, 0.717) is 29.0 Å². The van der Waals surface area contributed by atoms with E-state index in [9.17, 15) is 9.59 Å². The molecule has 0 fully saturated rings. The van der Waals surface area contributed by atoms with Gasteiger partial charge < -0.3 is 10.1 Å². The van der Waals surface area contributed by atoms with Crippen LogP contribution in [0.4, 0.5) is 0 Å². The lowest BCUT2D eigenvalue weighted by Gasteiger charge is -2.13.